The fourth-order valence-electron chi connectivity index (χ4n) is 2.34. The van der Waals surface area contributed by atoms with Gasteiger partial charge < -0.3 is 11.1 Å². The summed E-state index contributed by atoms with van der Waals surface area (Å²) < 4.78 is 0.713. The average Bonchev–Trinajstić information content (AvgIpc) is 2.96. The predicted octanol–water partition coefficient (Wildman–Crippen LogP) is 3.85. The number of hydrogen-bond donors (Lipinski definition) is 2. The number of thioether (sulfide) groups is 1. The second-order valence-corrected chi connectivity index (χ2v) is 8.54. The van der Waals surface area contributed by atoms with Crippen LogP contribution in [0.2, 0.25) is 0 Å². The highest BCUT2D eigenvalue weighted by atomic mass is 32.2. The molecule has 1 aromatic carbocycles. The number of nitrogen functional groups attached to an aromatic ring is 1. The van der Waals surface area contributed by atoms with Gasteiger partial charge in [0.25, 0.3) is 0 Å². The van der Waals surface area contributed by atoms with Crippen LogP contribution in [0.1, 0.15) is 50.8 Å². The van der Waals surface area contributed by atoms with Gasteiger partial charge in [-0.2, -0.15) is 0 Å². The van der Waals surface area contributed by atoms with E-state index in [2.05, 4.69) is 67.5 Å². The highest BCUT2D eigenvalue weighted by Crippen LogP contribution is 2.26. The van der Waals surface area contributed by atoms with Gasteiger partial charge in [-0.05, 0) is 23.0 Å². The molecule has 1 atom stereocenters. The first-order valence-electron chi connectivity index (χ1n) is 7.97. The van der Waals surface area contributed by atoms with Crippen LogP contribution in [0.25, 0.3) is 0 Å². The Kier molecular flexibility index (Phi) is 6.62. The molecule has 1 unspecified atom stereocenters. The Balaban J connectivity index is 1.98. The van der Waals surface area contributed by atoms with Crippen LogP contribution in [0.4, 0.5) is 5.13 Å². The van der Waals surface area contributed by atoms with Crippen LogP contribution in [0.5, 0.6) is 0 Å². The molecule has 0 saturated heterocycles. The van der Waals surface area contributed by atoms with Crippen molar-refractivity contribution in [3.05, 3.63) is 35.4 Å². The smallest absolute Gasteiger partial charge is 0.230 e. The number of carbonyl (C=O) groups excluding carboxylic acids is 1. The summed E-state index contributed by atoms with van der Waals surface area (Å²) in [7, 11) is 0. The molecule has 1 heterocycles. The highest BCUT2D eigenvalue weighted by Gasteiger charge is 2.19. The monoisotopic (exact) mass is 364 g/mol. The second kappa shape index (κ2) is 8.48. The minimum atomic E-state index is -0.0135. The molecule has 1 aromatic heterocycles. The van der Waals surface area contributed by atoms with Crippen LogP contribution in [-0.4, -0.2) is 21.9 Å². The topological polar surface area (TPSA) is 80.9 Å². The average molecular weight is 365 g/mol. The van der Waals surface area contributed by atoms with Crippen molar-refractivity contribution in [3.8, 4) is 0 Å². The molecule has 0 aliphatic heterocycles. The van der Waals surface area contributed by atoms with E-state index < -0.39 is 0 Å². The van der Waals surface area contributed by atoms with Gasteiger partial charge in [0.1, 0.15) is 0 Å². The standard InChI is InChI=1S/C17H24N4OS2/c1-10(2)12-5-7-13(8-6-12)15(11(3)4)19-14(22)9-23-17-21-20-16(18)24-17/h5-8,10-11,15H,9H2,1-4H3,(H2,18,20)(H,19,22). The van der Waals surface area contributed by atoms with E-state index in [-0.39, 0.29) is 11.9 Å². The van der Waals surface area contributed by atoms with Gasteiger partial charge in [-0.15, -0.1) is 10.2 Å². The molecule has 0 radical (unpaired) electrons. The minimum absolute atomic E-state index is 0.00111. The van der Waals surface area contributed by atoms with Crippen molar-refractivity contribution >= 4 is 34.1 Å². The normalized spacial score (nSPS) is 12.6. The molecule has 3 N–H and O–H groups in total. The van der Waals surface area contributed by atoms with E-state index in [1.165, 1.54) is 28.7 Å². The molecule has 130 valence electrons. The molecule has 2 rings (SSSR count). The van der Waals surface area contributed by atoms with Gasteiger partial charge in [0.2, 0.25) is 11.0 Å². The second-order valence-electron chi connectivity index (χ2n) is 6.31. The van der Waals surface area contributed by atoms with Crippen LogP contribution < -0.4 is 11.1 Å². The summed E-state index contributed by atoms with van der Waals surface area (Å²) in [5, 5.41) is 11.2. The van der Waals surface area contributed by atoms with Gasteiger partial charge in [-0.25, -0.2) is 0 Å². The third-order valence-electron chi connectivity index (χ3n) is 3.69. The Morgan fingerprint density at radius 3 is 2.29 bits per heavy atom. The molecular formula is C17H24N4OS2. The Hall–Kier alpha value is -1.60. The number of amides is 1. The molecule has 2 aromatic rings. The third kappa shape index (κ3) is 5.21. The SMILES string of the molecule is CC(C)c1ccc(C(NC(=O)CSc2nnc(N)s2)C(C)C)cc1. The minimum Gasteiger partial charge on any atom is -0.374 e. The molecule has 0 spiro atoms. The van der Waals surface area contributed by atoms with Crippen molar-refractivity contribution in [2.24, 2.45) is 5.92 Å². The Morgan fingerprint density at radius 2 is 1.79 bits per heavy atom. The van der Waals surface area contributed by atoms with Crippen LogP contribution in [-0.2, 0) is 4.79 Å². The van der Waals surface area contributed by atoms with Crippen LogP contribution in [0.3, 0.4) is 0 Å². The van der Waals surface area contributed by atoms with Crippen LogP contribution in [0, 0.1) is 5.92 Å². The summed E-state index contributed by atoms with van der Waals surface area (Å²) in [5.41, 5.74) is 7.98. The van der Waals surface area contributed by atoms with Gasteiger partial charge >= 0.3 is 0 Å². The van der Waals surface area contributed by atoms with E-state index in [1.807, 2.05) is 0 Å². The van der Waals surface area contributed by atoms with Crippen molar-refractivity contribution in [3.63, 3.8) is 0 Å². The van der Waals surface area contributed by atoms with Crippen molar-refractivity contribution < 1.29 is 4.79 Å². The van der Waals surface area contributed by atoms with E-state index in [0.29, 0.717) is 27.1 Å². The summed E-state index contributed by atoms with van der Waals surface area (Å²) in [4.78, 5) is 12.3. The number of nitrogens with zero attached hydrogens (tertiary/aromatic N) is 2. The maximum Gasteiger partial charge on any atom is 0.230 e. The van der Waals surface area contributed by atoms with E-state index >= 15 is 0 Å². The summed E-state index contributed by atoms with van der Waals surface area (Å²) in [5.74, 6) is 1.10. The van der Waals surface area contributed by atoms with Crippen LogP contribution in [0.15, 0.2) is 28.6 Å². The first kappa shape index (κ1) is 18.7. The molecule has 24 heavy (non-hydrogen) atoms. The maximum atomic E-state index is 12.3. The fourth-order valence-corrected chi connectivity index (χ4v) is 3.79. The number of rotatable bonds is 7. The maximum absolute atomic E-state index is 12.3. The van der Waals surface area contributed by atoms with Crippen molar-refractivity contribution in [2.45, 2.75) is 44.0 Å². The highest BCUT2D eigenvalue weighted by molar-refractivity contribution is 8.01. The fraction of sp³-hybridized carbons (Fsp3) is 0.471. The first-order chi connectivity index (χ1) is 11.4. The molecule has 0 bridgehead atoms. The van der Waals surface area contributed by atoms with Gasteiger partial charge in [0.05, 0.1) is 11.8 Å². The lowest BCUT2D eigenvalue weighted by Gasteiger charge is -2.23. The molecule has 1 amide bonds. The van der Waals surface area contributed by atoms with E-state index in [4.69, 9.17) is 5.73 Å². The molecule has 0 aliphatic rings. The largest absolute Gasteiger partial charge is 0.374 e. The zero-order valence-corrected chi connectivity index (χ0v) is 16.1. The van der Waals surface area contributed by atoms with E-state index in [9.17, 15) is 4.79 Å². The molecule has 0 saturated carbocycles. The molecular weight excluding hydrogens is 340 g/mol. The molecule has 0 aliphatic carbocycles. The third-order valence-corrected chi connectivity index (χ3v) is 5.58. The number of nitrogens with two attached hydrogens (primary N) is 1. The first-order valence-corrected chi connectivity index (χ1v) is 9.78. The predicted molar refractivity (Wildman–Crippen MR) is 101 cm³/mol. The van der Waals surface area contributed by atoms with Gasteiger partial charge in [-0.1, -0.05) is 75.1 Å². The van der Waals surface area contributed by atoms with E-state index in [1.54, 1.807) is 0 Å². The quantitative estimate of drug-likeness (QED) is 0.729. The Bertz CT molecular complexity index is 667. The molecule has 0 fully saturated rings. The lowest BCUT2D eigenvalue weighted by Crippen LogP contribution is -2.33. The van der Waals surface area contributed by atoms with Crippen molar-refractivity contribution in [1.82, 2.24) is 15.5 Å². The summed E-state index contributed by atoms with van der Waals surface area (Å²) in [6, 6.07) is 8.50. The van der Waals surface area contributed by atoms with Gasteiger partial charge in [0, 0.05) is 0 Å². The number of nitrogens with one attached hydrogen (secondary N) is 1. The van der Waals surface area contributed by atoms with E-state index in [0.717, 1.165) is 5.56 Å². The number of aromatic nitrogens is 2. The Morgan fingerprint density at radius 1 is 1.17 bits per heavy atom. The lowest BCUT2D eigenvalue weighted by molar-refractivity contribution is -0.119. The number of hydrogen-bond acceptors (Lipinski definition) is 6. The summed E-state index contributed by atoms with van der Waals surface area (Å²) in [6.45, 7) is 8.57. The number of benzene rings is 1. The summed E-state index contributed by atoms with van der Waals surface area (Å²) >= 11 is 2.65. The molecule has 5 nitrogen and oxygen atoms in total. The zero-order chi connectivity index (χ0) is 17.7. The summed E-state index contributed by atoms with van der Waals surface area (Å²) in [6.07, 6.45) is 0. The number of anilines is 1. The van der Waals surface area contributed by atoms with Gasteiger partial charge in [-0.3, -0.25) is 4.79 Å². The number of carbonyl (C=O) groups is 1. The zero-order valence-electron chi connectivity index (χ0n) is 14.4. The van der Waals surface area contributed by atoms with Crippen LogP contribution >= 0.6 is 23.1 Å². The van der Waals surface area contributed by atoms with Gasteiger partial charge in [0.15, 0.2) is 4.34 Å². The van der Waals surface area contributed by atoms with Crippen molar-refractivity contribution in [1.29, 1.82) is 0 Å². The Labute approximate surface area is 151 Å². The lowest BCUT2D eigenvalue weighted by atomic mass is 9.93. The molecule has 7 heteroatoms. The van der Waals surface area contributed by atoms with Crippen molar-refractivity contribution in [2.75, 3.05) is 11.5 Å².